The van der Waals surface area contributed by atoms with E-state index in [1.165, 1.54) is 12.1 Å². The molecule has 3 nitrogen and oxygen atoms in total. The Balaban J connectivity index is 2.22. The fourth-order valence-corrected chi connectivity index (χ4v) is 1.98. The van der Waals surface area contributed by atoms with E-state index in [0.29, 0.717) is 17.1 Å². The number of halogens is 2. The maximum absolute atomic E-state index is 13.9. The van der Waals surface area contributed by atoms with Crippen LogP contribution >= 0.6 is 0 Å². The van der Waals surface area contributed by atoms with Crippen molar-refractivity contribution in [2.24, 2.45) is 0 Å². The normalized spacial score (nSPS) is 10.3. The summed E-state index contributed by atoms with van der Waals surface area (Å²) >= 11 is 0. The van der Waals surface area contributed by atoms with Crippen molar-refractivity contribution in [3.63, 3.8) is 0 Å². The number of benzene rings is 2. The molecule has 0 spiro atoms. The predicted octanol–water partition coefficient (Wildman–Crippen LogP) is 3.90. The van der Waals surface area contributed by atoms with Gasteiger partial charge in [0, 0.05) is 12.6 Å². The molecule has 0 aliphatic carbocycles. The van der Waals surface area contributed by atoms with Gasteiger partial charge in [-0.2, -0.15) is 0 Å². The molecular weight excluding hydrogens is 276 g/mol. The van der Waals surface area contributed by atoms with Crippen molar-refractivity contribution in [2.75, 3.05) is 19.5 Å². The van der Waals surface area contributed by atoms with Crippen LogP contribution in [0.2, 0.25) is 0 Å². The summed E-state index contributed by atoms with van der Waals surface area (Å²) in [7, 11) is 3.09. The zero-order valence-electron chi connectivity index (χ0n) is 12.2. The Kier molecular flexibility index (Phi) is 4.62. The van der Waals surface area contributed by atoms with Crippen LogP contribution < -0.4 is 14.8 Å². The van der Waals surface area contributed by atoms with Gasteiger partial charge in [0.1, 0.15) is 23.0 Å². The Hall–Kier alpha value is -2.30. The van der Waals surface area contributed by atoms with Gasteiger partial charge in [-0.1, -0.05) is 6.07 Å². The van der Waals surface area contributed by atoms with Crippen molar-refractivity contribution in [3.8, 4) is 11.5 Å². The fourth-order valence-electron chi connectivity index (χ4n) is 1.98. The van der Waals surface area contributed by atoms with E-state index in [0.717, 1.165) is 5.56 Å². The summed E-state index contributed by atoms with van der Waals surface area (Å²) in [6, 6.07) is 7.94. The van der Waals surface area contributed by atoms with Gasteiger partial charge in [-0.25, -0.2) is 8.78 Å². The first kappa shape index (κ1) is 15.1. The highest BCUT2D eigenvalue weighted by Crippen LogP contribution is 2.25. The van der Waals surface area contributed by atoms with Crippen molar-refractivity contribution in [3.05, 3.63) is 53.1 Å². The molecule has 1 N–H and O–H groups in total. The fraction of sp³-hybridized carbons (Fsp3) is 0.250. The van der Waals surface area contributed by atoms with Gasteiger partial charge in [-0.05, 0) is 36.2 Å². The number of ether oxygens (including phenoxy) is 2. The molecule has 0 radical (unpaired) electrons. The maximum Gasteiger partial charge on any atom is 0.152 e. The van der Waals surface area contributed by atoms with E-state index in [-0.39, 0.29) is 12.2 Å². The second-order valence-electron chi connectivity index (χ2n) is 4.63. The minimum absolute atomic E-state index is 0.128. The van der Waals surface area contributed by atoms with Crippen LogP contribution in [0, 0.1) is 18.6 Å². The molecule has 0 saturated carbocycles. The average Bonchev–Trinajstić information content (AvgIpc) is 2.50. The molecule has 5 heteroatoms. The molecule has 2 aromatic rings. The lowest BCUT2D eigenvalue weighted by atomic mass is 10.1. The Morgan fingerprint density at radius 1 is 1.00 bits per heavy atom. The van der Waals surface area contributed by atoms with Crippen molar-refractivity contribution in [1.82, 2.24) is 0 Å². The molecule has 112 valence electrons. The smallest absolute Gasteiger partial charge is 0.152 e. The monoisotopic (exact) mass is 293 g/mol. The SMILES string of the molecule is COc1cc(CNc2c(F)ccc(C)c2F)cc(OC)c1. The highest BCUT2D eigenvalue weighted by atomic mass is 19.1. The van der Waals surface area contributed by atoms with Crippen molar-refractivity contribution >= 4 is 5.69 Å². The third kappa shape index (κ3) is 3.42. The number of hydrogen-bond donors (Lipinski definition) is 1. The molecular formula is C16H17F2NO2. The topological polar surface area (TPSA) is 30.5 Å². The Morgan fingerprint density at radius 2 is 1.62 bits per heavy atom. The summed E-state index contributed by atoms with van der Waals surface area (Å²) in [6.07, 6.45) is 0. The largest absolute Gasteiger partial charge is 0.497 e. The van der Waals surface area contributed by atoms with Crippen molar-refractivity contribution < 1.29 is 18.3 Å². The number of nitrogens with one attached hydrogen (secondary N) is 1. The molecule has 0 unspecified atom stereocenters. The van der Waals surface area contributed by atoms with E-state index in [9.17, 15) is 8.78 Å². The quantitative estimate of drug-likeness (QED) is 0.907. The highest BCUT2D eigenvalue weighted by Gasteiger charge is 2.11. The number of rotatable bonds is 5. The zero-order valence-corrected chi connectivity index (χ0v) is 12.2. The van der Waals surface area contributed by atoms with E-state index in [1.54, 1.807) is 39.3 Å². The zero-order chi connectivity index (χ0) is 15.4. The molecule has 0 fully saturated rings. The molecule has 0 heterocycles. The van der Waals surface area contributed by atoms with E-state index in [2.05, 4.69) is 5.32 Å². The van der Waals surface area contributed by atoms with Crippen LogP contribution in [0.3, 0.4) is 0 Å². The number of methoxy groups -OCH3 is 2. The van der Waals surface area contributed by atoms with Crippen LogP contribution in [-0.2, 0) is 6.54 Å². The van der Waals surface area contributed by atoms with Gasteiger partial charge >= 0.3 is 0 Å². The first-order valence-corrected chi connectivity index (χ1v) is 6.45. The third-order valence-electron chi connectivity index (χ3n) is 3.16. The Labute approximate surface area is 122 Å². The summed E-state index contributed by atoms with van der Waals surface area (Å²) in [5.74, 6) is 0.0468. The van der Waals surface area contributed by atoms with Gasteiger partial charge in [0.2, 0.25) is 0 Å². The lowest BCUT2D eigenvalue weighted by molar-refractivity contribution is 0.393. The summed E-state index contributed by atoms with van der Waals surface area (Å²) in [5, 5.41) is 2.78. The van der Waals surface area contributed by atoms with Crippen LogP contribution in [-0.4, -0.2) is 14.2 Å². The van der Waals surface area contributed by atoms with Gasteiger partial charge in [0.05, 0.1) is 14.2 Å². The van der Waals surface area contributed by atoms with Crippen molar-refractivity contribution in [1.29, 1.82) is 0 Å². The summed E-state index contributed by atoms with van der Waals surface area (Å²) < 4.78 is 37.9. The molecule has 2 aromatic carbocycles. The minimum atomic E-state index is -0.618. The molecule has 2 rings (SSSR count). The van der Waals surface area contributed by atoms with Gasteiger partial charge in [0.15, 0.2) is 5.82 Å². The van der Waals surface area contributed by atoms with E-state index in [1.807, 2.05) is 0 Å². The lowest BCUT2D eigenvalue weighted by Gasteiger charge is -2.12. The Bertz CT molecular complexity index is 622. The van der Waals surface area contributed by atoms with Crippen LogP contribution in [0.1, 0.15) is 11.1 Å². The second kappa shape index (κ2) is 6.43. The minimum Gasteiger partial charge on any atom is -0.497 e. The molecule has 21 heavy (non-hydrogen) atoms. The van der Waals surface area contributed by atoms with E-state index >= 15 is 0 Å². The Morgan fingerprint density at radius 3 is 2.19 bits per heavy atom. The van der Waals surface area contributed by atoms with Crippen LogP contribution in [0.4, 0.5) is 14.5 Å². The molecule has 0 saturated heterocycles. The maximum atomic E-state index is 13.9. The van der Waals surface area contributed by atoms with Crippen LogP contribution in [0.25, 0.3) is 0 Å². The van der Waals surface area contributed by atoms with Gasteiger partial charge < -0.3 is 14.8 Å². The lowest BCUT2D eigenvalue weighted by Crippen LogP contribution is -2.05. The van der Waals surface area contributed by atoms with Gasteiger partial charge in [0.25, 0.3) is 0 Å². The number of anilines is 1. The molecule has 0 bridgehead atoms. The summed E-state index contributed by atoms with van der Waals surface area (Å²) in [5.41, 5.74) is 1.06. The number of aryl methyl sites for hydroxylation is 1. The summed E-state index contributed by atoms with van der Waals surface area (Å²) in [6.45, 7) is 1.85. The summed E-state index contributed by atoms with van der Waals surface area (Å²) in [4.78, 5) is 0. The average molecular weight is 293 g/mol. The third-order valence-corrected chi connectivity index (χ3v) is 3.16. The standard InChI is InChI=1S/C16H17F2NO2/c1-10-4-5-14(17)16(15(10)18)19-9-11-6-12(20-2)8-13(7-11)21-3/h4-8,19H,9H2,1-3H3. The van der Waals surface area contributed by atoms with Gasteiger partial charge in [-0.15, -0.1) is 0 Å². The van der Waals surface area contributed by atoms with E-state index in [4.69, 9.17) is 9.47 Å². The molecule has 0 aliphatic heterocycles. The van der Waals surface area contributed by atoms with Gasteiger partial charge in [-0.3, -0.25) is 0 Å². The van der Waals surface area contributed by atoms with Crippen LogP contribution in [0.15, 0.2) is 30.3 Å². The second-order valence-corrected chi connectivity index (χ2v) is 4.63. The molecule has 0 aliphatic rings. The number of hydrogen-bond acceptors (Lipinski definition) is 3. The van der Waals surface area contributed by atoms with Crippen LogP contribution in [0.5, 0.6) is 11.5 Å². The first-order chi connectivity index (χ1) is 10.0. The predicted molar refractivity (Wildman–Crippen MR) is 78.0 cm³/mol. The first-order valence-electron chi connectivity index (χ1n) is 6.45. The van der Waals surface area contributed by atoms with E-state index < -0.39 is 11.6 Å². The molecule has 0 atom stereocenters. The molecule has 0 aromatic heterocycles. The molecule has 0 amide bonds. The highest BCUT2D eigenvalue weighted by molar-refractivity contribution is 5.50. The van der Waals surface area contributed by atoms with Crippen molar-refractivity contribution in [2.45, 2.75) is 13.5 Å².